The Balaban J connectivity index is 2.45. The van der Waals surface area contributed by atoms with Gasteiger partial charge >= 0.3 is 0 Å². The van der Waals surface area contributed by atoms with Gasteiger partial charge in [-0.15, -0.1) is 0 Å². The zero-order valence-corrected chi connectivity index (χ0v) is 22.0. The Morgan fingerprint density at radius 3 is 2.32 bits per heavy atom. The molecule has 0 aliphatic carbocycles. The molecular formula is C23H29Cl2N3O5S. The molecule has 2 aromatic carbocycles. The van der Waals surface area contributed by atoms with Crippen molar-refractivity contribution < 1.29 is 22.7 Å². The normalized spacial score (nSPS) is 12.2. The molecule has 1 atom stereocenters. The van der Waals surface area contributed by atoms with Gasteiger partial charge < -0.3 is 15.0 Å². The highest BCUT2D eigenvalue weighted by Crippen LogP contribution is 2.33. The molecule has 2 aromatic rings. The molecule has 0 bridgehead atoms. The summed E-state index contributed by atoms with van der Waals surface area (Å²) in [5.41, 5.74) is 0.786. The Kier molecular flexibility index (Phi) is 9.61. The molecule has 0 heterocycles. The Morgan fingerprint density at radius 1 is 1.09 bits per heavy atom. The molecule has 0 fully saturated rings. The number of benzene rings is 2. The van der Waals surface area contributed by atoms with Crippen molar-refractivity contribution in [3.05, 3.63) is 58.1 Å². The number of carbonyl (C=O) groups excluding carboxylic acids is 2. The van der Waals surface area contributed by atoms with Crippen molar-refractivity contribution in [1.82, 2.24) is 10.2 Å². The van der Waals surface area contributed by atoms with Crippen molar-refractivity contribution in [2.75, 3.05) is 24.2 Å². The number of methoxy groups -OCH3 is 1. The molecule has 0 saturated carbocycles. The van der Waals surface area contributed by atoms with Gasteiger partial charge in [0.2, 0.25) is 21.8 Å². The minimum atomic E-state index is -3.91. The van der Waals surface area contributed by atoms with Crippen LogP contribution in [-0.2, 0) is 26.2 Å². The fraction of sp³-hybridized carbons (Fsp3) is 0.391. The van der Waals surface area contributed by atoms with Crippen LogP contribution < -0.4 is 14.4 Å². The fourth-order valence-electron chi connectivity index (χ4n) is 3.24. The van der Waals surface area contributed by atoms with Crippen LogP contribution in [0.2, 0.25) is 10.0 Å². The van der Waals surface area contributed by atoms with Crippen LogP contribution in [-0.4, -0.2) is 57.1 Å². The standard InChI is InChI=1S/C23H29Cl2N3O5S/c1-15(2)26-23(30)16(3)27(13-17-8-6-9-18(12-17)33-4)21(29)14-28(34(5,31)32)20-11-7-10-19(24)22(20)25/h6-12,15-16H,13-14H2,1-5H3,(H,26,30)/t16-/m1/s1. The number of rotatable bonds is 10. The third-order valence-corrected chi connectivity index (χ3v) is 6.90. The predicted molar refractivity (Wildman–Crippen MR) is 135 cm³/mol. The van der Waals surface area contributed by atoms with Crippen LogP contribution in [0, 0.1) is 0 Å². The highest BCUT2D eigenvalue weighted by atomic mass is 35.5. The second-order valence-corrected chi connectivity index (χ2v) is 10.7. The molecule has 8 nitrogen and oxygen atoms in total. The third-order valence-electron chi connectivity index (χ3n) is 4.96. The first-order chi connectivity index (χ1) is 15.8. The number of hydrogen-bond donors (Lipinski definition) is 1. The molecule has 0 aromatic heterocycles. The van der Waals surface area contributed by atoms with E-state index in [9.17, 15) is 18.0 Å². The number of sulfonamides is 1. The minimum Gasteiger partial charge on any atom is -0.497 e. The molecular weight excluding hydrogens is 501 g/mol. The molecule has 1 N–H and O–H groups in total. The minimum absolute atomic E-state index is 0.00679. The summed E-state index contributed by atoms with van der Waals surface area (Å²) in [6.07, 6.45) is 0.971. The third kappa shape index (κ3) is 7.25. The van der Waals surface area contributed by atoms with Crippen molar-refractivity contribution >= 4 is 50.7 Å². The highest BCUT2D eigenvalue weighted by Gasteiger charge is 2.31. The van der Waals surface area contributed by atoms with Gasteiger partial charge in [-0.2, -0.15) is 0 Å². The van der Waals surface area contributed by atoms with Crippen molar-refractivity contribution in [3.8, 4) is 5.75 Å². The maximum Gasteiger partial charge on any atom is 0.244 e. The van der Waals surface area contributed by atoms with Crippen LogP contribution >= 0.6 is 23.2 Å². The van der Waals surface area contributed by atoms with Crippen molar-refractivity contribution in [2.45, 2.75) is 39.4 Å². The van der Waals surface area contributed by atoms with Crippen LogP contribution in [0.4, 0.5) is 5.69 Å². The smallest absolute Gasteiger partial charge is 0.244 e. The summed E-state index contributed by atoms with van der Waals surface area (Å²) in [7, 11) is -2.38. The zero-order valence-electron chi connectivity index (χ0n) is 19.7. The van der Waals surface area contributed by atoms with E-state index in [1.165, 1.54) is 24.1 Å². The lowest BCUT2D eigenvalue weighted by Crippen LogP contribution is -2.52. The van der Waals surface area contributed by atoms with Gasteiger partial charge in [0.05, 0.1) is 29.1 Å². The first-order valence-corrected chi connectivity index (χ1v) is 13.1. The molecule has 11 heteroatoms. The Morgan fingerprint density at radius 2 is 1.74 bits per heavy atom. The summed E-state index contributed by atoms with van der Waals surface area (Å²) in [6, 6.07) is 10.6. The van der Waals surface area contributed by atoms with Crippen molar-refractivity contribution in [2.24, 2.45) is 0 Å². The second-order valence-electron chi connectivity index (χ2n) is 8.06. The van der Waals surface area contributed by atoms with E-state index in [1.54, 1.807) is 37.3 Å². The molecule has 0 radical (unpaired) electrons. The highest BCUT2D eigenvalue weighted by molar-refractivity contribution is 7.92. The molecule has 2 rings (SSSR count). The Hall–Kier alpha value is -2.49. The van der Waals surface area contributed by atoms with E-state index in [0.29, 0.717) is 11.3 Å². The maximum atomic E-state index is 13.5. The van der Waals surface area contributed by atoms with Gasteiger partial charge in [-0.1, -0.05) is 41.4 Å². The number of carbonyl (C=O) groups is 2. The van der Waals surface area contributed by atoms with Gasteiger partial charge in [0.1, 0.15) is 18.3 Å². The number of hydrogen-bond acceptors (Lipinski definition) is 5. The number of amides is 2. The molecule has 0 aliphatic rings. The number of halogens is 2. The van der Waals surface area contributed by atoms with Gasteiger partial charge in [0, 0.05) is 12.6 Å². The van der Waals surface area contributed by atoms with E-state index in [-0.39, 0.29) is 34.2 Å². The van der Waals surface area contributed by atoms with Crippen LogP contribution in [0.1, 0.15) is 26.3 Å². The Labute approximate surface area is 210 Å². The zero-order chi connectivity index (χ0) is 25.6. The lowest BCUT2D eigenvalue weighted by atomic mass is 10.1. The van der Waals surface area contributed by atoms with Crippen LogP contribution in [0.15, 0.2) is 42.5 Å². The molecule has 34 heavy (non-hydrogen) atoms. The first-order valence-electron chi connectivity index (χ1n) is 10.5. The van der Waals surface area contributed by atoms with E-state index in [4.69, 9.17) is 27.9 Å². The number of anilines is 1. The summed E-state index contributed by atoms with van der Waals surface area (Å²) in [5.74, 6) is -0.360. The van der Waals surface area contributed by atoms with Crippen molar-refractivity contribution in [3.63, 3.8) is 0 Å². The van der Waals surface area contributed by atoms with Crippen LogP contribution in [0.5, 0.6) is 5.75 Å². The summed E-state index contributed by atoms with van der Waals surface area (Å²) in [6.45, 7) is 4.70. The van der Waals surface area contributed by atoms with E-state index in [2.05, 4.69) is 5.32 Å². The predicted octanol–water partition coefficient (Wildman–Crippen LogP) is 3.71. The van der Waals surface area contributed by atoms with E-state index >= 15 is 0 Å². The SMILES string of the molecule is COc1cccc(CN(C(=O)CN(c2cccc(Cl)c2Cl)S(C)(=O)=O)[C@H](C)C(=O)NC(C)C)c1. The number of nitrogens with one attached hydrogen (secondary N) is 1. The largest absolute Gasteiger partial charge is 0.497 e. The van der Waals surface area contributed by atoms with Crippen molar-refractivity contribution in [1.29, 1.82) is 0 Å². The van der Waals surface area contributed by atoms with Gasteiger partial charge in [-0.25, -0.2) is 8.42 Å². The van der Waals surface area contributed by atoms with Gasteiger partial charge in [0.15, 0.2) is 0 Å². The monoisotopic (exact) mass is 529 g/mol. The first kappa shape index (κ1) is 27.8. The van der Waals surface area contributed by atoms with E-state index in [0.717, 1.165) is 10.6 Å². The summed E-state index contributed by atoms with van der Waals surface area (Å²) in [4.78, 5) is 27.6. The van der Waals surface area contributed by atoms with E-state index in [1.807, 2.05) is 13.8 Å². The molecule has 0 unspecified atom stereocenters. The van der Waals surface area contributed by atoms with E-state index < -0.39 is 28.5 Å². The van der Waals surface area contributed by atoms with Crippen LogP contribution in [0.3, 0.4) is 0 Å². The maximum absolute atomic E-state index is 13.5. The summed E-state index contributed by atoms with van der Waals surface area (Å²) in [5, 5.41) is 2.95. The molecule has 0 aliphatic heterocycles. The molecule has 0 spiro atoms. The quantitative estimate of drug-likeness (QED) is 0.506. The average molecular weight is 530 g/mol. The van der Waals surface area contributed by atoms with Gasteiger partial charge in [0.25, 0.3) is 0 Å². The summed E-state index contributed by atoms with van der Waals surface area (Å²) >= 11 is 12.3. The number of nitrogens with zero attached hydrogens (tertiary/aromatic N) is 2. The molecule has 186 valence electrons. The fourth-order valence-corrected chi connectivity index (χ4v) is 4.54. The summed E-state index contributed by atoms with van der Waals surface area (Å²) < 4.78 is 31.3. The van der Waals surface area contributed by atoms with Crippen LogP contribution in [0.25, 0.3) is 0 Å². The topological polar surface area (TPSA) is 96.0 Å². The lowest BCUT2D eigenvalue weighted by molar-refractivity contribution is -0.139. The Bertz CT molecular complexity index is 1140. The molecule has 2 amide bonds. The van der Waals surface area contributed by atoms with Gasteiger partial charge in [-0.05, 0) is 50.6 Å². The molecule has 0 saturated heterocycles. The second kappa shape index (κ2) is 11.8. The number of ether oxygens (including phenoxy) is 1. The lowest BCUT2D eigenvalue weighted by Gasteiger charge is -2.32. The van der Waals surface area contributed by atoms with Gasteiger partial charge in [-0.3, -0.25) is 13.9 Å². The average Bonchev–Trinajstić information content (AvgIpc) is 2.76.